The molecule has 1 heterocycles. The van der Waals surface area contributed by atoms with Crippen LogP contribution in [0, 0.1) is 17.3 Å². The Hall–Kier alpha value is -1.50. The van der Waals surface area contributed by atoms with E-state index >= 15 is 0 Å². The third-order valence-electron chi connectivity index (χ3n) is 5.90. The summed E-state index contributed by atoms with van der Waals surface area (Å²) in [6.07, 6.45) is 9.36. The lowest BCUT2D eigenvalue weighted by Gasteiger charge is -2.32. The smallest absolute Gasteiger partial charge is 0.309 e. The van der Waals surface area contributed by atoms with Crippen molar-refractivity contribution in [1.82, 2.24) is 10.2 Å². The van der Waals surface area contributed by atoms with Gasteiger partial charge in [0.1, 0.15) is 10.6 Å². The van der Waals surface area contributed by atoms with Crippen molar-refractivity contribution in [2.45, 2.75) is 97.5 Å². The zero-order valence-electron chi connectivity index (χ0n) is 18.3. The molecule has 2 fully saturated rings. The second-order valence-corrected chi connectivity index (χ2v) is 10.9. The van der Waals surface area contributed by atoms with Crippen LogP contribution in [0.2, 0.25) is 0 Å². The number of aromatic nitrogens is 2. The van der Waals surface area contributed by atoms with Crippen LogP contribution in [-0.4, -0.2) is 27.7 Å². The highest BCUT2D eigenvalue weighted by Gasteiger charge is 2.45. The molecule has 1 aromatic heterocycles. The van der Waals surface area contributed by atoms with Gasteiger partial charge in [-0.2, -0.15) is 0 Å². The van der Waals surface area contributed by atoms with Gasteiger partial charge in [0.25, 0.3) is 0 Å². The highest BCUT2D eigenvalue weighted by atomic mass is 32.1. The van der Waals surface area contributed by atoms with E-state index in [-0.39, 0.29) is 17.8 Å². The van der Waals surface area contributed by atoms with Gasteiger partial charge in [0.2, 0.25) is 11.0 Å². The van der Waals surface area contributed by atoms with Crippen molar-refractivity contribution in [3.8, 4) is 0 Å². The number of hydrogen-bond donors (Lipinski definition) is 1. The highest BCUT2D eigenvalue weighted by Crippen LogP contribution is 2.45. The number of anilines is 1. The van der Waals surface area contributed by atoms with Gasteiger partial charge in [0.05, 0.1) is 11.3 Å². The number of amides is 1. The van der Waals surface area contributed by atoms with Crippen LogP contribution in [0.15, 0.2) is 0 Å². The minimum Gasteiger partial charge on any atom is -0.460 e. The molecule has 2 aliphatic rings. The van der Waals surface area contributed by atoms with Gasteiger partial charge in [-0.05, 0) is 65.2 Å². The van der Waals surface area contributed by atoms with E-state index < -0.39 is 11.0 Å². The molecule has 1 atom stereocenters. The average Bonchev–Trinajstić information content (AvgIpc) is 3.12. The Labute approximate surface area is 178 Å². The Morgan fingerprint density at radius 1 is 1.24 bits per heavy atom. The maximum atomic E-state index is 13.3. The largest absolute Gasteiger partial charge is 0.460 e. The van der Waals surface area contributed by atoms with Crippen molar-refractivity contribution in [1.29, 1.82) is 0 Å². The van der Waals surface area contributed by atoms with E-state index in [1.165, 1.54) is 24.2 Å². The summed E-state index contributed by atoms with van der Waals surface area (Å²) in [6, 6.07) is 0. The van der Waals surface area contributed by atoms with Gasteiger partial charge in [-0.3, -0.25) is 9.59 Å². The molecule has 0 spiro atoms. The van der Waals surface area contributed by atoms with Crippen molar-refractivity contribution in [2.75, 3.05) is 5.32 Å². The Balaban J connectivity index is 1.68. The Morgan fingerprint density at radius 3 is 2.52 bits per heavy atom. The number of hydrogen-bond acceptors (Lipinski definition) is 6. The molecule has 1 N–H and O–H groups in total. The van der Waals surface area contributed by atoms with Gasteiger partial charge in [-0.25, -0.2) is 0 Å². The quantitative estimate of drug-likeness (QED) is 0.559. The molecular weight excluding hydrogens is 386 g/mol. The normalized spacial score (nSPS) is 19.7. The lowest BCUT2D eigenvalue weighted by molar-refractivity contribution is -0.161. The molecule has 2 aliphatic carbocycles. The third kappa shape index (κ3) is 6.24. The standard InChI is InChI=1S/C22H35N3O3S/c1-5-8-16(18(26)28-21(2,3)4)14-22(11-6-7-12-22)19(27)23-20-25-24-17(29-20)13-15-9-10-15/h15-16H,5-14H2,1-4H3,(H,23,25,27)/t16-/m1/s1. The average molecular weight is 422 g/mol. The Kier molecular flexibility index (Phi) is 6.97. The number of carbonyl (C=O) groups excluding carboxylic acids is 2. The molecule has 7 heteroatoms. The first-order valence-electron chi connectivity index (χ1n) is 11.1. The van der Waals surface area contributed by atoms with Crippen LogP contribution in [0.1, 0.15) is 90.5 Å². The summed E-state index contributed by atoms with van der Waals surface area (Å²) in [5.74, 6) is 0.314. The van der Waals surface area contributed by atoms with Crippen molar-refractivity contribution < 1.29 is 14.3 Å². The monoisotopic (exact) mass is 421 g/mol. The van der Waals surface area contributed by atoms with Gasteiger partial charge in [-0.15, -0.1) is 10.2 Å². The number of rotatable bonds is 9. The van der Waals surface area contributed by atoms with Crippen LogP contribution < -0.4 is 5.32 Å². The van der Waals surface area contributed by atoms with Crippen molar-refractivity contribution in [2.24, 2.45) is 17.3 Å². The summed E-state index contributed by atoms with van der Waals surface area (Å²) in [5.41, 5.74) is -1.03. The molecule has 0 unspecified atom stereocenters. The van der Waals surface area contributed by atoms with E-state index in [0.29, 0.717) is 11.6 Å². The maximum absolute atomic E-state index is 13.3. The van der Waals surface area contributed by atoms with E-state index in [1.807, 2.05) is 20.8 Å². The van der Waals surface area contributed by atoms with Gasteiger partial charge >= 0.3 is 5.97 Å². The second kappa shape index (κ2) is 9.11. The summed E-state index contributed by atoms with van der Waals surface area (Å²) in [7, 11) is 0. The Bertz CT molecular complexity index is 715. The molecule has 0 saturated heterocycles. The SMILES string of the molecule is CCC[C@H](CC1(C(=O)Nc2nnc(CC3CC3)s2)CCCC1)C(=O)OC(C)(C)C. The van der Waals surface area contributed by atoms with E-state index in [9.17, 15) is 9.59 Å². The van der Waals surface area contributed by atoms with Crippen molar-refractivity contribution >= 4 is 28.3 Å². The van der Waals surface area contributed by atoms with E-state index in [1.54, 1.807) is 0 Å². The summed E-state index contributed by atoms with van der Waals surface area (Å²) in [6.45, 7) is 7.74. The van der Waals surface area contributed by atoms with E-state index in [0.717, 1.165) is 55.9 Å². The molecule has 1 amide bonds. The Morgan fingerprint density at radius 2 is 1.93 bits per heavy atom. The zero-order chi connectivity index (χ0) is 21.1. The van der Waals surface area contributed by atoms with Crippen LogP contribution in [0.25, 0.3) is 0 Å². The first-order chi connectivity index (χ1) is 13.7. The lowest BCUT2D eigenvalue weighted by Crippen LogP contribution is -2.38. The molecule has 6 nitrogen and oxygen atoms in total. The van der Waals surface area contributed by atoms with Gasteiger partial charge < -0.3 is 10.1 Å². The fourth-order valence-electron chi connectivity index (χ4n) is 4.27. The van der Waals surface area contributed by atoms with Gasteiger partial charge in [0.15, 0.2) is 0 Å². The first-order valence-corrected chi connectivity index (χ1v) is 11.9. The molecule has 0 aliphatic heterocycles. The van der Waals surface area contributed by atoms with Crippen molar-refractivity contribution in [3.05, 3.63) is 5.01 Å². The summed E-state index contributed by atoms with van der Waals surface area (Å²) in [5, 5.41) is 13.0. The second-order valence-electron chi connectivity index (χ2n) is 9.81. The number of nitrogens with zero attached hydrogens (tertiary/aromatic N) is 2. The predicted molar refractivity (Wildman–Crippen MR) is 115 cm³/mol. The highest BCUT2D eigenvalue weighted by molar-refractivity contribution is 7.15. The molecule has 3 rings (SSSR count). The molecule has 0 bridgehead atoms. The minimum absolute atomic E-state index is 0.00576. The fraction of sp³-hybridized carbons (Fsp3) is 0.818. The van der Waals surface area contributed by atoms with Crippen LogP contribution in [-0.2, 0) is 20.7 Å². The van der Waals surface area contributed by atoms with Crippen molar-refractivity contribution in [3.63, 3.8) is 0 Å². The van der Waals surface area contributed by atoms with Gasteiger partial charge in [0, 0.05) is 6.42 Å². The van der Waals surface area contributed by atoms with E-state index in [2.05, 4.69) is 22.4 Å². The molecule has 2 saturated carbocycles. The predicted octanol–water partition coefficient (Wildman–Crippen LogP) is 5.14. The zero-order valence-corrected chi connectivity index (χ0v) is 19.1. The molecule has 0 radical (unpaired) electrons. The molecular formula is C22H35N3O3S. The molecule has 29 heavy (non-hydrogen) atoms. The first kappa shape index (κ1) is 22.2. The van der Waals surface area contributed by atoms with Crippen LogP contribution in [0.4, 0.5) is 5.13 Å². The molecule has 0 aromatic carbocycles. The number of nitrogens with one attached hydrogen (secondary N) is 1. The third-order valence-corrected chi connectivity index (χ3v) is 6.77. The number of ether oxygens (including phenoxy) is 1. The summed E-state index contributed by atoms with van der Waals surface area (Å²) < 4.78 is 5.66. The minimum atomic E-state index is -0.515. The summed E-state index contributed by atoms with van der Waals surface area (Å²) >= 11 is 1.48. The molecule has 162 valence electrons. The van der Waals surface area contributed by atoms with E-state index in [4.69, 9.17) is 4.74 Å². The topological polar surface area (TPSA) is 81.2 Å². The fourth-order valence-corrected chi connectivity index (χ4v) is 5.12. The molecule has 1 aromatic rings. The maximum Gasteiger partial charge on any atom is 0.309 e. The number of carbonyl (C=O) groups is 2. The summed E-state index contributed by atoms with van der Waals surface area (Å²) in [4.78, 5) is 26.1. The number of esters is 1. The van der Waals surface area contributed by atoms with Crippen LogP contribution in [0.3, 0.4) is 0 Å². The van der Waals surface area contributed by atoms with Gasteiger partial charge in [-0.1, -0.05) is 37.5 Å². The lowest BCUT2D eigenvalue weighted by atomic mass is 9.75. The van der Waals surface area contributed by atoms with Crippen LogP contribution >= 0.6 is 11.3 Å². The van der Waals surface area contributed by atoms with Crippen LogP contribution in [0.5, 0.6) is 0 Å².